The summed E-state index contributed by atoms with van der Waals surface area (Å²) in [5, 5.41) is 6.45. The number of nitrogens with one attached hydrogen (secondary N) is 2. The molecule has 0 fully saturated rings. The van der Waals surface area contributed by atoms with Gasteiger partial charge >= 0.3 is 5.97 Å². The zero-order valence-electron chi connectivity index (χ0n) is 22.5. The van der Waals surface area contributed by atoms with Gasteiger partial charge in [0.1, 0.15) is 6.04 Å². The molecule has 5 aromatic rings. The molecule has 0 spiro atoms. The number of carbonyl (C=O) groups excluding carboxylic acids is 1. The Labute approximate surface area is 243 Å². The maximum absolute atomic E-state index is 13.2. The van der Waals surface area contributed by atoms with Crippen molar-refractivity contribution in [3.05, 3.63) is 101 Å². The van der Waals surface area contributed by atoms with Gasteiger partial charge in [-0.1, -0.05) is 41.9 Å². The molecule has 40 heavy (non-hydrogen) atoms. The van der Waals surface area contributed by atoms with Crippen LogP contribution in [-0.2, 0) is 16.0 Å². The van der Waals surface area contributed by atoms with Crippen LogP contribution in [0.1, 0.15) is 29.3 Å². The van der Waals surface area contributed by atoms with E-state index in [1.165, 1.54) is 23.0 Å². The number of fused-ring (bicyclic) bond motifs is 4. The summed E-state index contributed by atoms with van der Waals surface area (Å²) in [4.78, 5) is 24.9. The minimum Gasteiger partial charge on any atom is -0.468 e. The van der Waals surface area contributed by atoms with Crippen LogP contribution in [0.4, 0.5) is 5.69 Å². The van der Waals surface area contributed by atoms with Crippen LogP contribution in [0.3, 0.4) is 0 Å². The zero-order chi connectivity index (χ0) is 27.6. The molecule has 6 nitrogen and oxygen atoms in total. The maximum atomic E-state index is 13.2. The molecule has 204 valence electrons. The molecule has 8 heteroatoms. The number of pyridine rings is 1. The van der Waals surface area contributed by atoms with Crippen molar-refractivity contribution in [2.75, 3.05) is 31.8 Å². The van der Waals surface area contributed by atoms with Gasteiger partial charge in [-0.15, -0.1) is 11.8 Å². The molecule has 0 unspecified atom stereocenters. The van der Waals surface area contributed by atoms with E-state index in [0.717, 1.165) is 46.3 Å². The SMILES string of the molecule is COC(=O)[C@H]1Cc2c([nH]c3ccccc23)[C@H](c2ccc(SC)cc2)N1CCCNc1ccnc2cc(Cl)ccc12. The highest BCUT2D eigenvalue weighted by atomic mass is 35.5. The van der Waals surface area contributed by atoms with Crippen molar-refractivity contribution in [2.45, 2.75) is 29.8 Å². The Balaban J connectivity index is 1.32. The molecule has 1 aliphatic heterocycles. The third-order valence-electron chi connectivity index (χ3n) is 7.77. The van der Waals surface area contributed by atoms with Crippen LogP contribution in [0.2, 0.25) is 5.02 Å². The van der Waals surface area contributed by atoms with Crippen molar-refractivity contribution in [3.8, 4) is 0 Å². The highest BCUT2D eigenvalue weighted by Gasteiger charge is 2.41. The molecular weight excluding hydrogens is 540 g/mol. The van der Waals surface area contributed by atoms with E-state index in [9.17, 15) is 4.79 Å². The number of benzene rings is 3. The summed E-state index contributed by atoms with van der Waals surface area (Å²) < 4.78 is 5.35. The largest absolute Gasteiger partial charge is 0.468 e. The number of aromatic nitrogens is 2. The molecule has 1 aliphatic rings. The predicted molar refractivity (Wildman–Crippen MR) is 164 cm³/mol. The molecule has 2 atom stereocenters. The minimum atomic E-state index is -0.383. The monoisotopic (exact) mass is 570 g/mol. The maximum Gasteiger partial charge on any atom is 0.323 e. The van der Waals surface area contributed by atoms with Gasteiger partial charge in [-0.3, -0.25) is 14.7 Å². The summed E-state index contributed by atoms with van der Waals surface area (Å²) in [5.74, 6) is -0.202. The zero-order valence-corrected chi connectivity index (χ0v) is 24.1. The first-order valence-electron chi connectivity index (χ1n) is 13.4. The van der Waals surface area contributed by atoms with Crippen LogP contribution in [0.5, 0.6) is 0 Å². The van der Waals surface area contributed by atoms with Gasteiger partial charge in [-0.05, 0) is 66.3 Å². The fraction of sp³-hybridized carbons (Fsp3) is 0.250. The summed E-state index contributed by atoms with van der Waals surface area (Å²) in [7, 11) is 1.48. The topological polar surface area (TPSA) is 70.2 Å². The third kappa shape index (κ3) is 5.05. The summed E-state index contributed by atoms with van der Waals surface area (Å²) in [6.07, 6.45) is 5.32. The predicted octanol–water partition coefficient (Wildman–Crippen LogP) is 7.08. The molecule has 0 radical (unpaired) electrons. The standard InChI is InChI=1S/C32H31ClN4O2S/c1-39-32(38)29-19-25-23-6-3-4-7-27(23)36-30(25)31(20-8-11-22(40-2)12-9-20)37(29)17-5-15-34-26-14-16-35-28-18-21(33)10-13-24(26)28/h3-4,6-14,16,18,29,31,36H,5,15,17,19H2,1-2H3,(H,34,35)/t29-,31+/m1/s1. The number of methoxy groups -OCH3 is 1. The average molecular weight is 571 g/mol. The van der Waals surface area contributed by atoms with Gasteiger partial charge in [0.2, 0.25) is 0 Å². The van der Waals surface area contributed by atoms with Crippen LogP contribution < -0.4 is 5.32 Å². The fourth-order valence-corrected chi connectivity index (χ4v) is 6.45. The molecule has 2 aromatic heterocycles. The van der Waals surface area contributed by atoms with Gasteiger partial charge in [0.15, 0.2) is 0 Å². The smallest absolute Gasteiger partial charge is 0.323 e. The van der Waals surface area contributed by atoms with Gasteiger partial charge in [0, 0.05) is 63.3 Å². The highest BCUT2D eigenvalue weighted by Crippen LogP contribution is 2.41. The molecule has 0 aliphatic carbocycles. The van der Waals surface area contributed by atoms with Crippen LogP contribution >= 0.6 is 23.4 Å². The van der Waals surface area contributed by atoms with Crippen LogP contribution in [0, 0.1) is 0 Å². The molecule has 0 saturated heterocycles. The first-order valence-corrected chi connectivity index (χ1v) is 15.0. The molecule has 3 aromatic carbocycles. The summed E-state index contributed by atoms with van der Waals surface area (Å²) in [6.45, 7) is 1.45. The van der Waals surface area contributed by atoms with Gasteiger partial charge in [0.25, 0.3) is 0 Å². The lowest BCUT2D eigenvalue weighted by Gasteiger charge is -2.41. The first kappa shape index (κ1) is 26.7. The lowest BCUT2D eigenvalue weighted by Crippen LogP contribution is -2.49. The number of rotatable bonds is 8. The van der Waals surface area contributed by atoms with Crippen molar-refractivity contribution in [1.29, 1.82) is 0 Å². The molecule has 0 saturated carbocycles. The van der Waals surface area contributed by atoms with E-state index in [1.807, 2.05) is 30.3 Å². The average Bonchev–Trinajstić information content (AvgIpc) is 3.36. The Morgan fingerprint density at radius 1 is 1.12 bits per heavy atom. The lowest BCUT2D eigenvalue weighted by atomic mass is 9.88. The number of hydrogen-bond donors (Lipinski definition) is 2. The number of aromatic amines is 1. The van der Waals surface area contributed by atoms with E-state index in [0.29, 0.717) is 18.0 Å². The quantitative estimate of drug-likeness (QED) is 0.118. The van der Waals surface area contributed by atoms with Crippen LogP contribution in [0.25, 0.3) is 21.8 Å². The van der Waals surface area contributed by atoms with E-state index in [1.54, 1.807) is 18.0 Å². The number of halogens is 1. The van der Waals surface area contributed by atoms with E-state index in [2.05, 4.69) is 68.9 Å². The first-order chi connectivity index (χ1) is 19.6. The normalized spacial score (nSPS) is 17.2. The number of ether oxygens (including phenoxy) is 1. The number of nitrogens with zero attached hydrogens (tertiary/aromatic N) is 2. The summed E-state index contributed by atoms with van der Waals surface area (Å²) >= 11 is 7.89. The Bertz CT molecular complexity index is 1670. The molecule has 0 bridgehead atoms. The number of anilines is 1. The van der Waals surface area contributed by atoms with E-state index in [-0.39, 0.29) is 18.1 Å². The highest BCUT2D eigenvalue weighted by molar-refractivity contribution is 7.98. The van der Waals surface area contributed by atoms with E-state index >= 15 is 0 Å². The number of para-hydroxylation sites is 1. The van der Waals surface area contributed by atoms with Crippen molar-refractivity contribution in [1.82, 2.24) is 14.9 Å². The number of hydrogen-bond acceptors (Lipinski definition) is 6. The number of H-pyrrole nitrogens is 1. The molecule has 0 amide bonds. The fourth-order valence-electron chi connectivity index (χ4n) is 5.87. The van der Waals surface area contributed by atoms with Gasteiger partial charge in [-0.25, -0.2) is 0 Å². The Hall–Kier alpha value is -3.52. The summed E-state index contributed by atoms with van der Waals surface area (Å²) in [5.41, 5.74) is 6.48. The molecule has 6 rings (SSSR count). The Kier molecular flexibility index (Phi) is 7.69. The minimum absolute atomic E-state index is 0.0972. The molecule has 2 N–H and O–H groups in total. The second-order valence-corrected chi connectivity index (χ2v) is 11.3. The van der Waals surface area contributed by atoms with Gasteiger partial charge < -0.3 is 15.0 Å². The van der Waals surface area contributed by atoms with Crippen molar-refractivity contribution < 1.29 is 9.53 Å². The van der Waals surface area contributed by atoms with E-state index < -0.39 is 0 Å². The lowest BCUT2D eigenvalue weighted by molar-refractivity contribution is -0.148. The second kappa shape index (κ2) is 11.5. The molecular formula is C32H31ClN4O2S. The van der Waals surface area contributed by atoms with Crippen LogP contribution in [0.15, 0.2) is 83.9 Å². The number of carbonyl (C=O) groups is 1. The van der Waals surface area contributed by atoms with Crippen molar-refractivity contribution in [2.24, 2.45) is 0 Å². The third-order valence-corrected chi connectivity index (χ3v) is 8.75. The Morgan fingerprint density at radius 2 is 1.95 bits per heavy atom. The molecule has 3 heterocycles. The number of esters is 1. The second-order valence-electron chi connectivity index (χ2n) is 10.0. The van der Waals surface area contributed by atoms with Crippen molar-refractivity contribution >= 4 is 56.8 Å². The van der Waals surface area contributed by atoms with Gasteiger partial charge in [-0.2, -0.15) is 0 Å². The van der Waals surface area contributed by atoms with E-state index in [4.69, 9.17) is 16.3 Å². The van der Waals surface area contributed by atoms with Crippen LogP contribution in [-0.4, -0.2) is 53.3 Å². The Morgan fingerprint density at radius 3 is 2.75 bits per heavy atom. The summed E-state index contributed by atoms with van der Waals surface area (Å²) in [6, 6.07) is 24.3. The van der Waals surface area contributed by atoms with Crippen molar-refractivity contribution in [3.63, 3.8) is 0 Å². The number of thioether (sulfide) groups is 1. The van der Waals surface area contributed by atoms with Gasteiger partial charge in [0.05, 0.1) is 18.7 Å².